The lowest BCUT2D eigenvalue weighted by molar-refractivity contribution is -0.204. The molecule has 3 heteroatoms. The van der Waals surface area contributed by atoms with E-state index in [-0.39, 0.29) is 17.8 Å². The molecule has 1 aliphatic heterocycles. The normalized spacial score (nSPS) is 50.1. The van der Waals surface area contributed by atoms with Gasteiger partial charge in [-0.1, -0.05) is 13.8 Å². The second kappa shape index (κ2) is 2.98. The molecule has 1 unspecified atom stereocenters. The number of aliphatic hydroxyl groups excluding tert-OH is 1. The van der Waals surface area contributed by atoms with E-state index in [0.717, 1.165) is 12.8 Å². The molecule has 0 amide bonds. The number of cyclic esters (lactones) is 1. The summed E-state index contributed by atoms with van der Waals surface area (Å²) >= 11 is 0. The average Bonchev–Trinajstić information content (AvgIpc) is 2.44. The molecule has 5 atom stereocenters. The topological polar surface area (TPSA) is 46.5 Å². The summed E-state index contributed by atoms with van der Waals surface area (Å²) in [6.45, 7) is 4.06. The Bertz CT molecular complexity index is 226. The molecule has 0 aromatic rings. The van der Waals surface area contributed by atoms with Gasteiger partial charge < -0.3 is 9.84 Å². The molecule has 3 nitrogen and oxygen atoms in total. The van der Waals surface area contributed by atoms with Gasteiger partial charge in [0.2, 0.25) is 6.29 Å². The summed E-state index contributed by atoms with van der Waals surface area (Å²) in [6.07, 6.45) is 1.26. The molecule has 1 saturated heterocycles. The monoisotopic (exact) mass is 184 g/mol. The molecule has 0 aromatic carbocycles. The third-order valence-corrected chi connectivity index (χ3v) is 3.66. The first-order valence-corrected chi connectivity index (χ1v) is 5.00. The lowest BCUT2D eigenvalue weighted by Gasteiger charge is -2.35. The smallest absolute Gasteiger partial charge is 0.311 e. The summed E-state index contributed by atoms with van der Waals surface area (Å²) in [6, 6.07) is 0. The molecule has 1 aliphatic carbocycles. The molecule has 1 N–H and O–H groups in total. The van der Waals surface area contributed by atoms with Crippen LogP contribution >= 0.6 is 0 Å². The van der Waals surface area contributed by atoms with Crippen LogP contribution in [0.3, 0.4) is 0 Å². The quantitative estimate of drug-likeness (QED) is 0.575. The van der Waals surface area contributed by atoms with Crippen LogP contribution in [0.15, 0.2) is 0 Å². The third-order valence-electron chi connectivity index (χ3n) is 3.66. The van der Waals surface area contributed by atoms with Gasteiger partial charge in [0.25, 0.3) is 0 Å². The molecule has 2 fully saturated rings. The van der Waals surface area contributed by atoms with Crippen LogP contribution in [0.4, 0.5) is 0 Å². The minimum absolute atomic E-state index is 0.0402. The Balaban J connectivity index is 2.21. The highest BCUT2D eigenvalue weighted by Gasteiger charge is 2.48. The van der Waals surface area contributed by atoms with E-state index in [0.29, 0.717) is 11.8 Å². The highest BCUT2D eigenvalue weighted by atomic mass is 16.6. The zero-order chi connectivity index (χ0) is 9.59. The Morgan fingerprint density at radius 1 is 1.38 bits per heavy atom. The number of rotatable bonds is 0. The summed E-state index contributed by atoms with van der Waals surface area (Å²) in [5, 5.41) is 9.44. The number of carbonyl (C=O) groups is 1. The van der Waals surface area contributed by atoms with Gasteiger partial charge in [-0.2, -0.15) is 0 Å². The van der Waals surface area contributed by atoms with E-state index in [1.54, 1.807) is 0 Å². The molecule has 0 bridgehead atoms. The third kappa shape index (κ3) is 1.26. The van der Waals surface area contributed by atoms with E-state index in [2.05, 4.69) is 6.92 Å². The largest absolute Gasteiger partial charge is 0.435 e. The van der Waals surface area contributed by atoms with Crippen LogP contribution in [0.1, 0.15) is 26.7 Å². The number of ether oxygens (including phenoxy) is 1. The molecule has 74 valence electrons. The number of aliphatic hydroxyl groups is 1. The second-order valence-corrected chi connectivity index (χ2v) is 4.43. The van der Waals surface area contributed by atoms with Gasteiger partial charge >= 0.3 is 5.97 Å². The van der Waals surface area contributed by atoms with Gasteiger partial charge in [0, 0.05) is 5.92 Å². The first-order chi connectivity index (χ1) is 6.11. The summed E-state index contributed by atoms with van der Waals surface area (Å²) in [5.41, 5.74) is 0. The number of carbonyl (C=O) groups excluding carboxylic acids is 1. The van der Waals surface area contributed by atoms with Gasteiger partial charge in [-0.3, -0.25) is 4.79 Å². The van der Waals surface area contributed by atoms with Crippen LogP contribution in [-0.2, 0) is 9.53 Å². The van der Waals surface area contributed by atoms with Crippen LogP contribution in [0.5, 0.6) is 0 Å². The van der Waals surface area contributed by atoms with E-state index in [9.17, 15) is 9.90 Å². The molecule has 1 heterocycles. The standard InChI is InChI=1S/C10H16O3/c1-5-3-4-7-6(2)9(11)13-10(12)8(5)7/h5-9,11H,3-4H2,1-2H3/t5-,6+,7+,8+,9?/m1/s1. The number of esters is 1. The Labute approximate surface area is 78.1 Å². The maximum atomic E-state index is 11.5. The van der Waals surface area contributed by atoms with Crippen molar-refractivity contribution in [3.63, 3.8) is 0 Å². The van der Waals surface area contributed by atoms with Crippen molar-refractivity contribution in [2.45, 2.75) is 33.0 Å². The van der Waals surface area contributed by atoms with Crippen LogP contribution < -0.4 is 0 Å². The number of hydrogen-bond acceptors (Lipinski definition) is 3. The van der Waals surface area contributed by atoms with Crippen molar-refractivity contribution in [2.75, 3.05) is 0 Å². The van der Waals surface area contributed by atoms with Crippen LogP contribution in [0.25, 0.3) is 0 Å². The van der Waals surface area contributed by atoms with Gasteiger partial charge in [-0.25, -0.2) is 0 Å². The SMILES string of the molecule is C[C@@H]1CC[C@@H]2[C@H]1C(=O)OC(O)[C@H]2C. The minimum atomic E-state index is -0.876. The molecule has 13 heavy (non-hydrogen) atoms. The summed E-state index contributed by atoms with van der Waals surface area (Å²) in [5.74, 6) is 0.713. The van der Waals surface area contributed by atoms with E-state index in [4.69, 9.17) is 4.74 Å². The first-order valence-electron chi connectivity index (χ1n) is 5.00. The van der Waals surface area contributed by atoms with E-state index in [1.165, 1.54) is 0 Å². The Morgan fingerprint density at radius 2 is 2.08 bits per heavy atom. The van der Waals surface area contributed by atoms with E-state index >= 15 is 0 Å². The van der Waals surface area contributed by atoms with E-state index < -0.39 is 6.29 Å². The fourth-order valence-corrected chi connectivity index (χ4v) is 2.75. The lowest BCUT2D eigenvalue weighted by atomic mass is 9.80. The number of hydrogen-bond donors (Lipinski definition) is 1. The minimum Gasteiger partial charge on any atom is -0.435 e. The summed E-state index contributed by atoms with van der Waals surface area (Å²) < 4.78 is 4.90. The molecule has 0 spiro atoms. The van der Waals surface area contributed by atoms with Crippen molar-refractivity contribution in [2.24, 2.45) is 23.7 Å². The fourth-order valence-electron chi connectivity index (χ4n) is 2.75. The Morgan fingerprint density at radius 3 is 2.77 bits per heavy atom. The summed E-state index contributed by atoms with van der Waals surface area (Å²) in [7, 11) is 0. The van der Waals surface area contributed by atoms with Gasteiger partial charge in [0.15, 0.2) is 0 Å². The van der Waals surface area contributed by atoms with Crippen molar-refractivity contribution >= 4 is 5.97 Å². The molecule has 2 rings (SSSR count). The second-order valence-electron chi connectivity index (χ2n) is 4.43. The van der Waals surface area contributed by atoms with Gasteiger partial charge in [0.1, 0.15) is 0 Å². The highest BCUT2D eigenvalue weighted by Crippen LogP contribution is 2.45. The molecular weight excluding hydrogens is 168 g/mol. The molecule has 1 saturated carbocycles. The van der Waals surface area contributed by atoms with Gasteiger partial charge in [-0.15, -0.1) is 0 Å². The highest BCUT2D eigenvalue weighted by molar-refractivity contribution is 5.74. The number of fused-ring (bicyclic) bond motifs is 1. The predicted molar refractivity (Wildman–Crippen MR) is 46.6 cm³/mol. The molecule has 0 aromatic heterocycles. The maximum absolute atomic E-state index is 11.5. The Hall–Kier alpha value is -0.570. The molecule has 2 aliphatic rings. The molecular formula is C10H16O3. The Kier molecular flexibility index (Phi) is 2.06. The van der Waals surface area contributed by atoms with Crippen LogP contribution in [-0.4, -0.2) is 17.4 Å². The van der Waals surface area contributed by atoms with Crippen LogP contribution in [0, 0.1) is 23.7 Å². The van der Waals surface area contributed by atoms with Crippen molar-refractivity contribution in [3.05, 3.63) is 0 Å². The van der Waals surface area contributed by atoms with Crippen molar-refractivity contribution in [3.8, 4) is 0 Å². The molecule has 0 radical (unpaired) electrons. The van der Waals surface area contributed by atoms with Crippen LogP contribution in [0.2, 0.25) is 0 Å². The van der Waals surface area contributed by atoms with Crippen molar-refractivity contribution < 1.29 is 14.6 Å². The average molecular weight is 184 g/mol. The summed E-state index contributed by atoms with van der Waals surface area (Å²) in [4.78, 5) is 11.5. The maximum Gasteiger partial charge on any atom is 0.311 e. The van der Waals surface area contributed by atoms with Crippen molar-refractivity contribution in [1.82, 2.24) is 0 Å². The fraction of sp³-hybridized carbons (Fsp3) is 0.900. The van der Waals surface area contributed by atoms with E-state index in [1.807, 2.05) is 6.92 Å². The lowest BCUT2D eigenvalue weighted by Crippen LogP contribution is -2.43. The van der Waals surface area contributed by atoms with Crippen molar-refractivity contribution in [1.29, 1.82) is 0 Å². The predicted octanol–water partition coefficient (Wildman–Crippen LogP) is 1.16. The van der Waals surface area contributed by atoms with Gasteiger partial charge in [0.05, 0.1) is 5.92 Å². The van der Waals surface area contributed by atoms with Gasteiger partial charge in [-0.05, 0) is 24.7 Å². The first kappa shape index (κ1) is 9.00. The zero-order valence-electron chi connectivity index (χ0n) is 8.06. The zero-order valence-corrected chi connectivity index (χ0v) is 8.06.